The van der Waals surface area contributed by atoms with Crippen LogP contribution in [0.1, 0.15) is 6.92 Å². The number of carbonyl (C=O) groups is 1. The predicted molar refractivity (Wildman–Crippen MR) is 86.2 cm³/mol. The van der Waals surface area contributed by atoms with E-state index in [1.807, 2.05) is 31.2 Å². The van der Waals surface area contributed by atoms with Gasteiger partial charge in [-0.2, -0.15) is 0 Å². The molecule has 2 aromatic carbocycles. The van der Waals surface area contributed by atoms with Crippen molar-refractivity contribution in [3.63, 3.8) is 0 Å². The second-order valence-electron chi connectivity index (χ2n) is 4.37. The van der Waals surface area contributed by atoms with Gasteiger partial charge in [-0.25, -0.2) is 0 Å². The number of hydrogen-bond donors (Lipinski definition) is 2. The molecule has 0 spiro atoms. The number of ether oxygens (including phenoxy) is 1. The van der Waals surface area contributed by atoms with E-state index in [9.17, 15) is 4.79 Å². The summed E-state index contributed by atoms with van der Waals surface area (Å²) in [6.45, 7) is 2.72. The van der Waals surface area contributed by atoms with Gasteiger partial charge in [0, 0.05) is 22.5 Å². The van der Waals surface area contributed by atoms with Crippen molar-refractivity contribution in [2.45, 2.75) is 6.92 Å². The quantitative estimate of drug-likeness (QED) is 0.853. The normalized spacial score (nSPS) is 10.0. The van der Waals surface area contributed by atoms with Gasteiger partial charge >= 0.3 is 0 Å². The highest BCUT2D eigenvalue weighted by atomic mass is 35.5. The maximum atomic E-state index is 11.8. The van der Waals surface area contributed by atoms with Gasteiger partial charge in [0.05, 0.1) is 13.2 Å². The third-order valence-corrected chi connectivity index (χ3v) is 2.98. The first-order valence-electron chi connectivity index (χ1n) is 6.69. The van der Waals surface area contributed by atoms with Gasteiger partial charge in [-0.1, -0.05) is 17.7 Å². The highest BCUT2D eigenvalue weighted by Gasteiger charge is 2.03. The van der Waals surface area contributed by atoms with Gasteiger partial charge in [-0.05, 0) is 43.3 Å². The van der Waals surface area contributed by atoms with Gasteiger partial charge in [0.2, 0.25) is 5.91 Å². The first-order chi connectivity index (χ1) is 10.2. The van der Waals surface area contributed by atoms with Crippen LogP contribution in [-0.2, 0) is 4.79 Å². The Kier molecular flexibility index (Phi) is 5.46. The highest BCUT2D eigenvalue weighted by Crippen LogP contribution is 2.17. The number of carbonyl (C=O) groups excluding carboxylic acids is 1. The number of anilines is 2. The smallest absolute Gasteiger partial charge is 0.243 e. The molecule has 0 aliphatic heterocycles. The van der Waals surface area contributed by atoms with E-state index >= 15 is 0 Å². The highest BCUT2D eigenvalue weighted by molar-refractivity contribution is 6.30. The zero-order chi connectivity index (χ0) is 15.1. The van der Waals surface area contributed by atoms with Crippen LogP contribution < -0.4 is 15.4 Å². The van der Waals surface area contributed by atoms with E-state index in [4.69, 9.17) is 16.3 Å². The van der Waals surface area contributed by atoms with Crippen molar-refractivity contribution in [3.05, 3.63) is 53.6 Å². The van der Waals surface area contributed by atoms with E-state index in [0.717, 1.165) is 11.4 Å². The van der Waals surface area contributed by atoms with E-state index < -0.39 is 0 Å². The molecule has 0 fully saturated rings. The lowest BCUT2D eigenvalue weighted by Crippen LogP contribution is -2.21. The summed E-state index contributed by atoms with van der Waals surface area (Å²) in [7, 11) is 0. The molecule has 0 unspecified atom stereocenters. The first-order valence-corrected chi connectivity index (χ1v) is 7.07. The van der Waals surface area contributed by atoms with Crippen LogP contribution in [-0.4, -0.2) is 19.1 Å². The van der Waals surface area contributed by atoms with E-state index in [0.29, 0.717) is 17.3 Å². The van der Waals surface area contributed by atoms with Crippen molar-refractivity contribution >= 4 is 28.9 Å². The number of hydrogen-bond acceptors (Lipinski definition) is 3. The first kappa shape index (κ1) is 15.2. The van der Waals surface area contributed by atoms with E-state index in [2.05, 4.69) is 10.6 Å². The number of amides is 1. The van der Waals surface area contributed by atoms with Crippen molar-refractivity contribution in [1.29, 1.82) is 0 Å². The lowest BCUT2D eigenvalue weighted by Gasteiger charge is -2.09. The zero-order valence-electron chi connectivity index (χ0n) is 11.7. The molecule has 2 aromatic rings. The molecule has 0 aromatic heterocycles. The zero-order valence-corrected chi connectivity index (χ0v) is 12.5. The molecule has 0 bridgehead atoms. The summed E-state index contributed by atoms with van der Waals surface area (Å²) in [5.74, 6) is 0.653. The molecular weight excluding hydrogens is 288 g/mol. The van der Waals surface area contributed by atoms with Crippen LogP contribution in [0.3, 0.4) is 0 Å². The van der Waals surface area contributed by atoms with Crippen LogP contribution >= 0.6 is 11.6 Å². The van der Waals surface area contributed by atoms with Crippen molar-refractivity contribution < 1.29 is 9.53 Å². The fraction of sp³-hybridized carbons (Fsp3) is 0.188. The van der Waals surface area contributed by atoms with Gasteiger partial charge in [-0.15, -0.1) is 0 Å². The van der Waals surface area contributed by atoms with Crippen molar-refractivity contribution in [2.75, 3.05) is 23.8 Å². The minimum absolute atomic E-state index is 0.126. The Morgan fingerprint density at radius 2 is 1.90 bits per heavy atom. The topological polar surface area (TPSA) is 50.4 Å². The van der Waals surface area contributed by atoms with Crippen LogP contribution in [0.5, 0.6) is 5.75 Å². The minimum Gasteiger partial charge on any atom is -0.494 e. The summed E-state index contributed by atoms with van der Waals surface area (Å²) >= 11 is 5.79. The van der Waals surface area contributed by atoms with Gasteiger partial charge in [-0.3, -0.25) is 4.79 Å². The van der Waals surface area contributed by atoms with Crippen molar-refractivity contribution in [1.82, 2.24) is 0 Å². The predicted octanol–water partition coefficient (Wildman–Crippen LogP) is 3.79. The third-order valence-electron chi connectivity index (χ3n) is 2.73. The summed E-state index contributed by atoms with van der Waals surface area (Å²) in [4.78, 5) is 11.8. The summed E-state index contributed by atoms with van der Waals surface area (Å²) < 4.78 is 5.41. The molecule has 5 heteroatoms. The Morgan fingerprint density at radius 3 is 2.62 bits per heavy atom. The van der Waals surface area contributed by atoms with Gasteiger partial charge in [0.1, 0.15) is 5.75 Å². The molecule has 0 aliphatic carbocycles. The fourth-order valence-electron chi connectivity index (χ4n) is 1.78. The second-order valence-corrected chi connectivity index (χ2v) is 4.81. The van der Waals surface area contributed by atoms with Crippen LogP contribution in [0.15, 0.2) is 48.5 Å². The molecule has 4 nitrogen and oxygen atoms in total. The Hall–Kier alpha value is -2.20. The van der Waals surface area contributed by atoms with E-state index in [1.165, 1.54) is 0 Å². The van der Waals surface area contributed by atoms with Crippen LogP contribution in [0.4, 0.5) is 11.4 Å². The molecule has 110 valence electrons. The molecule has 0 saturated carbocycles. The van der Waals surface area contributed by atoms with Crippen molar-refractivity contribution in [2.24, 2.45) is 0 Å². The minimum atomic E-state index is -0.126. The summed E-state index contributed by atoms with van der Waals surface area (Å²) in [6, 6.07) is 14.5. The van der Waals surface area contributed by atoms with Crippen LogP contribution in [0.2, 0.25) is 5.02 Å². The standard InChI is InChI=1S/C16H17ClN2O2/c1-2-21-15-5-3-4-14(10-15)18-11-16(20)19-13-8-6-12(17)7-9-13/h3-10,18H,2,11H2,1H3,(H,19,20). The molecule has 21 heavy (non-hydrogen) atoms. The van der Waals surface area contributed by atoms with Crippen LogP contribution in [0.25, 0.3) is 0 Å². The Labute approximate surface area is 129 Å². The molecule has 0 aliphatic rings. The lowest BCUT2D eigenvalue weighted by molar-refractivity contribution is -0.114. The Morgan fingerprint density at radius 1 is 1.14 bits per heavy atom. The number of benzene rings is 2. The Bertz CT molecular complexity index is 599. The van der Waals surface area contributed by atoms with Gasteiger partial charge in [0.25, 0.3) is 0 Å². The maximum Gasteiger partial charge on any atom is 0.243 e. The average Bonchev–Trinajstić information content (AvgIpc) is 2.48. The molecule has 2 rings (SSSR count). The molecule has 2 N–H and O–H groups in total. The van der Waals surface area contributed by atoms with E-state index in [1.54, 1.807) is 24.3 Å². The summed E-state index contributed by atoms with van der Waals surface area (Å²) in [5, 5.41) is 6.48. The lowest BCUT2D eigenvalue weighted by atomic mass is 10.3. The average molecular weight is 305 g/mol. The molecule has 1 amide bonds. The van der Waals surface area contributed by atoms with Crippen molar-refractivity contribution in [3.8, 4) is 5.75 Å². The monoisotopic (exact) mass is 304 g/mol. The largest absolute Gasteiger partial charge is 0.494 e. The van der Waals surface area contributed by atoms with Crippen LogP contribution in [0, 0.1) is 0 Å². The van der Waals surface area contributed by atoms with Gasteiger partial charge < -0.3 is 15.4 Å². The molecular formula is C16H17ClN2O2. The summed E-state index contributed by atoms with van der Waals surface area (Å²) in [5.41, 5.74) is 1.56. The second kappa shape index (κ2) is 7.55. The molecule has 0 radical (unpaired) electrons. The number of rotatable bonds is 6. The number of halogens is 1. The molecule has 0 heterocycles. The molecule has 0 atom stereocenters. The molecule has 0 saturated heterocycles. The Balaban J connectivity index is 1.86. The number of nitrogens with one attached hydrogen (secondary N) is 2. The summed E-state index contributed by atoms with van der Waals surface area (Å²) in [6.07, 6.45) is 0. The van der Waals surface area contributed by atoms with E-state index in [-0.39, 0.29) is 12.5 Å². The third kappa shape index (κ3) is 5.00. The maximum absolute atomic E-state index is 11.8. The SMILES string of the molecule is CCOc1cccc(NCC(=O)Nc2ccc(Cl)cc2)c1. The fourth-order valence-corrected chi connectivity index (χ4v) is 1.91. The van der Waals surface area contributed by atoms with Gasteiger partial charge in [0.15, 0.2) is 0 Å².